The van der Waals surface area contributed by atoms with Crippen molar-refractivity contribution in [2.24, 2.45) is 4.99 Å². The van der Waals surface area contributed by atoms with Crippen molar-refractivity contribution >= 4 is 45.9 Å². The van der Waals surface area contributed by atoms with E-state index in [1.807, 2.05) is 31.2 Å². The third-order valence-corrected chi connectivity index (χ3v) is 6.08. The molecule has 1 N–H and O–H groups in total. The molecule has 0 aliphatic carbocycles. The van der Waals surface area contributed by atoms with E-state index in [1.54, 1.807) is 34.9 Å². The Morgan fingerprint density at radius 3 is 2.82 bits per heavy atom. The molecule has 2 aromatic rings. The molecule has 1 aromatic carbocycles. The summed E-state index contributed by atoms with van der Waals surface area (Å²) in [5, 5.41) is 5.62. The highest BCUT2D eigenvalue weighted by Crippen LogP contribution is 2.26. The van der Waals surface area contributed by atoms with Crippen LogP contribution in [0.3, 0.4) is 0 Å². The monoisotopic (exact) mass is 349 g/mol. The zero-order valence-corrected chi connectivity index (χ0v) is 14.5. The maximum atomic E-state index is 12.1. The number of aliphatic imine (C=N–C) groups is 1. The number of aryl methyl sites for hydroxylation is 1. The predicted octanol–water partition coefficient (Wildman–Crippen LogP) is 3.58. The summed E-state index contributed by atoms with van der Waals surface area (Å²) < 4.78 is 1.08. The summed E-state index contributed by atoms with van der Waals surface area (Å²) >= 11 is 4.97. The first kappa shape index (κ1) is 15.6. The minimum absolute atomic E-state index is 0.0945. The molecule has 0 saturated heterocycles. The Balaban J connectivity index is 1.56. The van der Waals surface area contributed by atoms with Crippen molar-refractivity contribution < 1.29 is 4.79 Å². The van der Waals surface area contributed by atoms with Gasteiger partial charge in [0.1, 0.15) is 4.34 Å². The van der Waals surface area contributed by atoms with Crippen molar-refractivity contribution in [3.63, 3.8) is 0 Å². The third kappa shape index (κ3) is 4.12. The van der Waals surface area contributed by atoms with E-state index in [1.165, 1.54) is 5.56 Å². The standard InChI is InChI=1S/C15H15N3OS3/c1-10-8-21-15(17-10)22-9-11-2-4-12(5-3-11)13(19)18-14-16-6-7-20-14/h2-5,8H,6-7,9H2,1H3,(H,16,18,19). The second kappa shape index (κ2) is 7.30. The fourth-order valence-electron chi connectivity index (χ4n) is 1.88. The van der Waals surface area contributed by atoms with Crippen LogP contribution in [0.5, 0.6) is 0 Å². The van der Waals surface area contributed by atoms with Crippen molar-refractivity contribution in [3.05, 3.63) is 46.5 Å². The third-order valence-electron chi connectivity index (χ3n) is 2.98. The van der Waals surface area contributed by atoms with Gasteiger partial charge >= 0.3 is 0 Å². The summed E-state index contributed by atoms with van der Waals surface area (Å²) in [4.78, 5) is 20.7. The Bertz CT molecular complexity index is 694. The SMILES string of the molecule is Cc1csc(SCc2ccc(C(=O)NC3=NCCS3)cc2)n1. The molecule has 0 fully saturated rings. The Hall–Kier alpha value is -1.31. The number of amidine groups is 1. The number of rotatable bonds is 4. The first-order chi connectivity index (χ1) is 10.7. The van der Waals surface area contributed by atoms with Crippen molar-refractivity contribution in [1.82, 2.24) is 10.3 Å². The fraction of sp³-hybridized carbons (Fsp3) is 0.267. The van der Waals surface area contributed by atoms with Crippen LogP contribution < -0.4 is 5.32 Å². The van der Waals surface area contributed by atoms with E-state index in [4.69, 9.17) is 0 Å². The van der Waals surface area contributed by atoms with Crippen LogP contribution in [0.15, 0.2) is 39.0 Å². The lowest BCUT2D eigenvalue weighted by atomic mass is 10.1. The van der Waals surface area contributed by atoms with E-state index in [9.17, 15) is 4.79 Å². The molecule has 0 bridgehead atoms. The number of thioether (sulfide) groups is 2. The highest BCUT2D eigenvalue weighted by atomic mass is 32.2. The number of benzene rings is 1. The van der Waals surface area contributed by atoms with Gasteiger partial charge in [-0.2, -0.15) is 0 Å². The molecule has 0 saturated carbocycles. The number of aromatic nitrogens is 1. The molecule has 1 aromatic heterocycles. The molecule has 1 aliphatic heterocycles. The van der Waals surface area contributed by atoms with Crippen molar-refractivity contribution in [2.75, 3.05) is 12.3 Å². The van der Waals surface area contributed by atoms with E-state index in [0.29, 0.717) is 5.56 Å². The van der Waals surface area contributed by atoms with Gasteiger partial charge in [-0.1, -0.05) is 35.7 Å². The number of nitrogens with zero attached hydrogens (tertiary/aromatic N) is 2. The van der Waals surface area contributed by atoms with Crippen LogP contribution in [0.4, 0.5) is 0 Å². The van der Waals surface area contributed by atoms with E-state index >= 15 is 0 Å². The van der Waals surface area contributed by atoms with Gasteiger partial charge in [-0.15, -0.1) is 11.3 Å². The first-order valence-corrected chi connectivity index (χ1v) is 9.68. The van der Waals surface area contributed by atoms with Crippen molar-refractivity contribution in [2.45, 2.75) is 17.0 Å². The van der Waals surface area contributed by atoms with Crippen LogP contribution in [0, 0.1) is 6.92 Å². The Morgan fingerprint density at radius 2 is 2.18 bits per heavy atom. The maximum Gasteiger partial charge on any atom is 0.257 e. The molecule has 0 radical (unpaired) electrons. The van der Waals surface area contributed by atoms with Crippen LogP contribution in [0.25, 0.3) is 0 Å². The second-order valence-corrected chi connectivity index (χ2v) is 7.89. The lowest BCUT2D eigenvalue weighted by molar-refractivity contribution is 0.0978. The summed E-state index contributed by atoms with van der Waals surface area (Å²) in [5.74, 6) is 1.71. The van der Waals surface area contributed by atoms with Crippen LogP contribution in [0.2, 0.25) is 0 Å². The van der Waals surface area contributed by atoms with Gasteiger partial charge in [0.05, 0.1) is 6.54 Å². The molecule has 114 valence electrons. The fourth-order valence-corrected chi connectivity index (χ4v) is 4.40. The van der Waals surface area contributed by atoms with Gasteiger partial charge in [-0.05, 0) is 24.6 Å². The molecule has 4 nitrogen and oxygen atoms in total. The number of hydrogen-bond donors (Lipinski definition) is 1. The highest BCUT2D eigenvalue weighted by molar-refractivity contribution is 8.14. The first-order valence-electron chi connectivity index (χ1n) is 6.83. The molecule has 0 unspecified atom stereocenters. The van der Waals surface area contributed by atoms with E-state index in [0.717, 1.165) is 33.3 Å². The van der Waals surface area contributed by atoms with Gasteiger partial charge in [0, 0.05) is 28.1 Å². The zero-order chi connectivity index (χ0) is 15.4. The molecule has 0 atom stereocenters. The largest absolute Gasteiger partial charge is 0.301 e. The minimum Gasteiger partial charge on any atom is -0.301 e. The van der Waals surface area contributed by atoms with Gasteiger partial charge in [-0.25, -0.2) is 4.98 Å². The van der Waals surface area contributed by atoms with Gasteiger partial charge < -0.3 is 5.32 Å². The second-order valence-electron chi connectivity index (χ2n) is 4.73. The molecular weight excluding hydrogens is 334 g/mol. The molecule has 3 rings (SSSR count). The molecule has 22 heavy (non-hydrogen) atoms. The number of hydrogen-bond acceptors (Lipinski definition) is 6. The maximum absolute atomic E-state index is 12.1. The molecule has 2 heterocycles. The quantitative estimate of drug-likeness (QED) is 0.857. The summed E-state index contributed by atoms with van der Waals surface area (Å²) in [6.07, 6.45) is 0. The van der Waals surface area contributed by atoms with E-state index < -0.39 is 0 Å². The van der Waals surface area contributed by atoms with Crippen LogP contribution >= 0.6 is 34.9 Å². The number of nitrogens with one attached hydrogen (secondary N) is 1. The Labute approximate surface area is 141 Å². The topological polar surface area (TPSA) is 54.4 Å². The lowest BCUT2D eigenvalue weighted by Crippen LogP contribution is -2.27. The molecule has 1 aliphatic rings. The van der Waals surface area contributed by atoms with E-state index in [-0.39, 0.29) is 5.91 Å². The van der Waals surface area contributed by atoms with Gasteiger partial charge in [0.25, 0.3) is 5.91 Å². The van der Waals surface area contributed by atoms with Gasteiger partial charge in [0.15, 0.2) is 5.17 Å². The number of amides is 1. The summed E-state index contributed by atoms with van der Waals surface area (Å²) in [6.45, 7) is 2.79. The number of carbonyl (C=O) groups is 1. The zero-order valence-electron chi connectivity index (χ0n) is 12.0. The average molecular weight is 350 g/mol. The van der Waals surface area contributed by atoms with Crippen molar-refractivity contribution in [3.8, 4) is 0 Å². The molecule has 7 heteroatoms. The van der Waals surface area contributed by atoms with Crippen LogP contribution in [0.1, 0.15) is 21.6 Å². The predicted molar refractivity (Wildman–Crippen MR) is 95.1 cm³/mol. The number of carbonyl (C=O) groups excluding carboxylic acids is 1. The average Bonchev–Trinajstić information content (AvgIpc) is 3.17. The number of thiazole rings is 1. The smallest absolute Gasteiger partial charge is 0.257 e. The van der Waals surface area contributed by atoms with Crippen LogP contribution in [-0.4, -0.2) is 28.4 Å². The van der Waals surface area contributed by atoms with Gasteiger partial charge in [-0.3, -0.25) is 9.79 Å². The molecule has 0 spiro atoms. The van der Waals surface area contributed by atoms with Gasteiger partial charge in [0.2, 0.25) is 0 Å². The normalized spacial score (nSPS) is 14.0. The summed E-state index contributed by atoms with van der Waals surface area (Å²) in [6, 6.07) is 7.70. The minimum atomic E-state index is -0.0945. The lowest BCUT2D eigenvalue weighted by Gasteiger charge is -2.05. The summed E-state index contributed by atoms with van der Waals surface area (Å²) in [5.41, 5.74) is 2.91. The molecule has 1 amide bonds. The highest BCUT2D eigenvalue weighted by Gasteiger charge is 2.12. The summed E-state index contributed by atoms with van der Waals surface area (Å²) in [7, 11) is 0. The Morgan fingerprint density at radius 1 is 1.36 bits per heavy atom. The molecular formula is C15H15N3OS3. The van der Waals surface area contributed by atoms with E-state index in [2.05, 4.69) is 20.7 Å². The Kier molecular flexibility index (Phi) is 5.17. The van der Waals surface area contributed by atoms with Crippen LogP contribution in [-0.2, 0) is 5.75 Å². The van der Waals surface area contributed by atoms with Crippen molar-refractivity contribution in [1.29, 1.82) is 0 Å².